The topological polar surface area (TPSA) is 71.6 Å². The van der Waals surface area contributed by atoms with Gasteiger partial charge >= 0.3 is 0 Å². The highest BCUT2D eigenvalue weighted by Crippen LogP contribution is 2.23. The average molecular weight is 338 g/mol. The van der Waals surface area contributed by atoms with Crippen LogP contribution in [0.2, 0.25) is 0 Å². The standard InChI is InChI=1S/C19H19FN4O/c1-13(14-7-4-5-8-16(14)20)11-17(25)15(12-21)19-23-22-18-9-3-2-6-10-24(18)19/h4-5,7-8,11,15H,2-3,6,9-10H2,1H3/b13-11+/t15-/m0/s1. The van der Waals surface area contributed by atoms with Crippen LogP contribution in [0.4, 0.5) is 4.39 Å². The van der Waals surface area contributed by atoms with Gasteiger partial charge in [-0.2, -0.15) is 5.26 Å². The Bertz CT molecular complexity index is 863. The van der Waals surface area contributed by atoms with E-state index in [0.717, 1.165) is 38.1 Å². The average Bonchev–Trinajstić information content (AvgIpc) is 2.84. The Morgan fingerprint density at radius 1 is 1.32 bits per heavy atom. The zero-order valence-corrected chi connectivity index (χ0v) is 14.1. The van der Waals surface area contributed by atoms with Gasteiger partial charge in [0.1, 0.15) is 11.6 Å². The molecule has 1 atom stereocenters. The highest BCUT2D eigenvalue weighted by molar-refractivity contribution is 6.02. The van der Waals surface area contributed by atoms with Crippen LogP contribution in [0.3, 0.4) is 0 Å². The van der Waals surface area contributed by atoms with Crippen LogP contribution in [0.25, 0.3) is 5.57 Å². The maximum absolute atomic E-state index is 13.9. The van der Waals surface area contributed by atoms with E-state index in [9.17, 15) is 14.4 Å². The number of aryl methyl sites for hydroxylation is 1. The molecule has 0 aliphatic carbocycles. The first-order valence-electron chi connectivity index (χ1n) is 8.40. The molecule has 0 saturated heterocycles. The molecule has 5 nitrogen and oxygen atoms in total. The molecule has 0 saturated carbocycles. The first-order valence-corrected chi connectivity index (χ1v) is 8.40. The Morgan fingerprint density at radius 2 is 2.12 bits per heavy atom. The van der Waals surface area contributed by atoms with Gasteiger partial charge in [-0.25, -0.2) is 4.39 Å². The molecule has 2 aromatic rings. The predicted molar refractivity (Wildman–Crippen MR) is 91.0 cm³/mol. The van der Waals surface area contributed by atoms with Gasteiger partial charge in [-0.3, -0.25) is 4.79 Å². The summed E-state index contributed by atoms with van der Waals surface area (Å²) in [5.74, 6) is -0.602. The molecular weight excluding hydrogens is 319 g/mol. The number of carbonyl (C=O) groups is 1. The molecule has 3 rings (SSSR count). The van der Waals surface area contributed by atoms with Gasteiger partial charge in [-0.15, -0.1) is 10.2 Å². The zero-order chi connectivity index (χ0) is 17.8. The molecule has 1 aliphatic rings. The number of ketones is 1. The summed E-state index contributed by atoms with van der Waals surface area (Å²) < 4.78 is 15.8. The molecule has 6 heteroatoms. The second kappa shape index (κ2) is 7.39. The molecule has 0 radical (unpaired) electrons. The fourth-order valence-corrected chi connectivity index (χ4v) is 3.13. The first-order chi connectivity index (χ1) is 12.1. The minimum atomic E-state index is -1.03. The van der Waals surface area contributed by atoms with Gasteiger partial charge in [0.15, 0.2) is 17.5 Å². The Labute approximate surface area is 145 Å². The normalized spacial score (nSPS) is 15.8. The Hall–Kier alpha value is -2.81. The van der Waals surface area contributed by atoms with Crippen LogP contribution in [-0.4, -0.2) is 20.5 Å². The van der Waals surface area contributed by atoms with Gasteiger partial charge in [-0.1, -0.05) is 24.6 Å². The van der Waals surface area contributed by atoms with Crippen LogP contribution >= 0.6 is 0 Å². The number of aromatic nitrogens is 3. The summed E-state index contributed by atoms with van der Waals surface area (Å²) in [6.07, 6.45) is 5.25. The summed E-state index contributed by atoms with van der Waals surface area (Å²) in [6, 6.07) is 8.29. The quantitative estimate of drug-likeness (QED) is 0.801. The molecule has 1 aromatic carbocycles. The molecule has 0 spiro atoms. The van der Waals surface area contributed by atoms with Crippen molar-refractivity contribution in [3.8, 4) is 6.07 Å². The van der Waals surface area contributed by atoms with Crippen molar-refractivity contribution in [1.82, 2.24) is 14.8 Å². The van der Waals surface area contributed by atoms with Gasteiger partial charge in [0, 0.05) is 18.5 Å². The molecule has 0 N–H and O–H groups in total. The first kappa shape index (κ1) is 17.0. The van der Waals surface area contributed by atoms with E-state index in [-0.39, 0.29) is 0 Å². The largest absolute Gasteiger partial charge is 0.313 e. The number of allylic oxidation sites excluding steroid dienone is 2. The molecule has 128 valence electrons. The Kier molecular flexibility index (Phi) is 5.03. The monoisotopic (exact) mass is 338 g/mol. The molecular formula is C19H19FN4O. The van der Waals surface area contributed by atoms with Crippen molar-refractivity contribution in [2.75, 3.05) is 0 Å². The predicted octanol–water partition coefficient (Wildman–Crippen LogP) is 3.42. The minimum absolute atomic E-state index is 0.354. The van der Waals surface area contributed by atoms with E-state index in [1.807, 2.05) is 10.6 Å². The van der Waals surface area contributed by atoms with Crippen LogP contribution in [0.5, 0.6) is 0 Å². The summed E-state index contributed by atoms with van der Waals surface area (Å²) in [7, 11) is 0. The number of rotatable bonds is 4. The van der Waals surface area contributed by atoms with Gasteiger partial charge < -0.3 is 4.57 Å². The molecule has 25 heavy (non-hydrogen) atoms. The molecule has 0 amide bonds. The highest BCUT2D eigenvalue weighted by Gasteiger charge is 2.27. The number of nitrogens with zero attached hydrogens (tertiary/aromatic N) is 4. The molecule has 0 bridgehead atoms. The maximum atomic E-state index is 13.9. The lowest BCUT2D eigenvalue weighted by Gasteiger charge is -2.10. The van der Waals surface area contributed by atoms with E-state index >= 15 is 0 Å². The lowest BCUT2D eigenvalue weighted by molar-refractivity contribution is -0.115. The lowest BCUT2D eigenvalue weighted by Crippen LogP contribution is -2.16. The second-order valence-corrected chi connectivity index (χ2v) is 6.21. The van der Waals surface area contributed by atoms with Crippen molar-refractivity contribution >= 4 is 11.4 Å². The third-order valence-electron chi connectivity index (χ3n) is 4.47. The van der Waals surface area contributed by atoms with Crippen LogP contribution in [0.15, 0.2) is 30.3 Å². The molecule has 0 unspecified atom stereocenters. The van der Waals surface area contributed by atoms with Crippen molar-refractivity contribution in [3.05, 3.63) is 53.4 Å². The summed E-state index contributed by atoms with van der Waals surface area (Å²) in [4.78, 5) is 12.6. The number of fused-ring (bicyclic) bond motifs is 1. The maximum Gasteiger partial charge on any atom is 0.180 e. The van der Waals surface area contributed by atoms with Crippen molar-refractivity contribution in [1.29, 1.82) is 5.26 Å². The number of halogens is 1. The molecule has 1 aliphatic heterocycles. The fraction of sp³-hybridized carbons (Fsp3) is 0.368. The fourth-order valence-electron chi connectivity index (χ4n) is 3.13. The van der Waals surface area contributed by atoms with Crippen molar-refractivity contribution in [2.24, 2.45) is 0 Å². The highest BCUT2D eigenvalue weighted by atomic mass is 19.1. The number of benzene rings is 1. The third kappa shape index (κ3) is 3.50. The lowest BCUT2D eigenvalue weighted by atomic mass is 9.99. The number of hydrogen-bond donors (Lipinski definition) is 0. The van der Waals surface area contributed by atoms with E-state index in [0.29, 0.717) is 17.0 Å². The Morgan fingerprint density at radius 3 is 2.88 bits per heavy atom. The summed E-state index contributed by atoms with van der Waals surface area (Å²) >= 11 is 0. The number of hydrogen-bond acceptors (Lipinski definition) is 4. The molecule has 0 fully saturated rings. The number of carbonyl (C=O) groups excluding carboxylic acids is 1. The third-order valence-corrected chi connectivity index (χ3v) is 4.47. The Balaban J connectivity index is 1.90. The number of nitriles is 1. The summed E-state index contributed by atoms with van der Waals surface area (Å²) in [5.41, 5.74) is 0.839. The molecule has 2 heterocycles. The molecule has 1 aromatic heterocycles. The van der Waals surface area contributed by atoms with Crippen LogP contribution < -0.4 is 0 Å². The van der Waals surface area contributed by atoms with Gasteiger partial charge in [0.05, 0.1) is 6.07 Å². The van der Waals surface area contributed by atoms with Gasteiger partial charge in [-0.05, 0) is 37.5 Å². The van der Waals surface area contributed by atoms with Crippen molar-refractivity contribution < 1.29 is 9.18 Å². The van der Waals surface area contributed by atoms with E-state index in [1.165, 1.54) is 12.1 Å². The van der Waals surface area contributed by atoms with Crippen LogP contribution in [-0.2, 0) is 17.8 Å². The van der Waals surface area contributed by atoms with E-state index in [1.54, 1.807) is 25.1 Å². The van der Waals surface area contributed by atoms with E-state index in [2.05, 4.69) is 10.2 Å². The smallest absolute Gasteiger partial charge is 0.180 e. The van der Waals surface area contributed by atoms with Crippen LogP contribution in [0.1, 0.15) is 49.3 Å². The van der Waals surface area contributed by atoms with E-state index in [4.69, 9.17) is 0 Å². The van der Waals surface area contributed by atoms with Gasteiger partial charge in [0.2, 0.25) is 0 Å². The zero-order valence-electron chi connectivity index (χ0n) is 14.1. The minimum Gasteiger partial charge on any atom is -0.313 e. The summed E-state index contributed by atoms with van der Waals surface area (Å²) in [5, 5.41) is 17.8. The second-order valence-electron chi connectivity index (χ2n) is 6.21. The van der Waals surface area contributed by atoms with Gasteiger partial charge in [0.25, 0.3) is 0 Å². The van der Waals surface area contributed by atoms with Crippen LogP contribution in [0, 0.1) is 17.1 Å². The van der Waals surface area contributed by atoms with Crippen molar-refractivity contribution in [3.63, 3.8) is 0 Å². The van der Waals surface area contributed by atoms with Crippen molar-refractivity contribution in [2.45, 2.75) is 45.1 Å². The van der Waals surface area contributed by atoms with E-state index < -0.39 is 17.5 Å². The SMILES string of the molecule is C/C(=C\C(=O)[C@H](C#N)c1nnc2n1CCCCC2)c1ccccc1F. The summed E-state index contributed by atoms with van der Waals surface area (Å²) in [6.45, 7) is 2.38.